The van der Waals surface area contributed by atoms with Gasteiger partial charge in [0.1, 0.15) is 11.8 Å². The van der Waals surface area contributed by atoms with Crippen LogP contribution in [0.1, 0.15) is 24.5 Å². The third kappa shape index (κ3) is 6.00. The highest BCUT2D eigenvalue weighted by Gasteiger charge is 2.28. The van der Waals surface area contributed by atoms with Crippen molar-refractivity contribution in [3.05, 3.63) is 64.7 Å². The molecule has 0 saturated heterocycles. The van der Waals surface area contributed by atoms with Crippen molar-refractivity contribution in [2.45, 2.75) is 32.9 Å². The Morgan fingerprint density at radius 1 is 1.11 bits per heavy atom. The number of amides is 2. The van der Waals surface area contributed by atoms with Crippen LogP contribution in [0, 0.1) is 6.92 Å². The lowest BCUT2D eigenvalue weighted by Gasteiger charge is -2.30. The first-order valence-electron chi connectivity index (χ1n) is 8.89. The second-order valence-corrected chi connectivity index (χ2v) is 6.72. The topological polar surface area (TPSA) is 58.6 Å². The Morgan fingerprint density at radius 2 is 1.74 bits per heavy atom. The van der Waals surface area contributed by atoms with E-state index in [0.717, 1.165) is 11.1 Å². The normalized spacial score (nSPS) is 11.6. The molecule has 2 aromatic carbocycles. The predicted molar refractivity (Wildman–Crippen MR) is 107 cm³/mol. The smallest absolute Gasteiger partial charge is 0.261 e. The van der Waals surface area contributed by atoms with E-state index >= 15 is 0 Å². The maximum absolute atomic E-state index is 12.9. The number of halogens is 1. The lowest BCUT2D eigenvalue weighted by Crippen LogP contribution is -2.49. The summed E-state index contributed by atoms with van der Waals surface area (Å²) in [7, 11) is 1.57. The van der Waals surface area contributed by atoms with E-state index in [1.165, 1.54) is 0 Å². The molecular formula is C21H25ClN2O3. The zero-order valence-electron chi connectivity index (χ0n) is 15.9. The summed E-state index contributed by atoms with van der Waals surface area (Å²) < 4.78 is 5.62. The number of likely N-dealkylation sites (N-methyl/N-ethyl adjacent to an activating group) is 1. The summed E-state index contributed by atoms with van der Waals surface area (Å²) in [6, 6.07) is 14.1. The molecule has 0 unspecified atom stereocenters. The Kier molecular flexibility index (Phi) is 7.67. The van der Waals surface area contributed by atoms with Crippen LogP contribution in [-0.4, -0.2) is 36.4 Å². The minimum atomic E-state index is -0.570. The van der Waals surface area contributed by atoms with Crippen LogP contribution in [0.25, 0.3) is 0 Å². The number of nitrogens with zero attached hydrogens (tertiary/aromatic N) is 1. The molecule has 0 fully saturated rings. The monoisotopic (exact) mass is 388 g/mol. The van der Waals surface area contributed by atoms with Gasteiger partial charge in [0.2, 0.25) is 5.91 Å². The van der Waals surface area contributed by atoms with E-state index in [2.05, 4.69) is 5.32 Å². The van der Waals surface area contributed by atoms with Crippen molar-refractivity contribution in [1.29, 1.82) is 0 Å². The van der Waals surface area contributed by atoms with Crippen molar-refractivity contribution in [2.75, 3.05) is 13.7 Å². The van der Waals surface area contributed by atoms with Crippen LogP contribution in [0.2, 0.25) is 5.02 Å². The highest BCUT2D eigenvalue weighted by atomic mass is 35.5. The first-order chi connectivity index (χ1) is 12.9. The van der Waals surface area contributed by atoms with Gasteiger partial charge in [0.25, 0.3) is 5.91 Å². The fourth-order valence-electron chi connectivity index (χ4n) is 2.74. The zero-order chi connectivity index (χ0) is 19.8. The Hall–Kier alpha value is -2.53. The highest BCUT2D eigenvalue weighted by Crippen LogP contribution is 2.16. The number of carbonyl (C=O) groups is 2. The van der Waals surface area contributed by atoms with Gasteiger partial charge < -0.3 is 15.0 Å². The number of carbonyl (C=O) groups excluding carboxylic acids is 2. The average Bonchev–Trinajstić information content (AvgIpc) is 2.68. The third-order valence-electron chi connectivity index (χ3n) is 4.28. The third-order valence-corrected chi connectivity index (χ3v) is 4.53. The molecule has 0 spiro atoms. The molecule has 0 aromatic heterocycles. The maximum Gasteiger partial charge on any atom is 0.261 e. The summed E-state index contributed by atoms with van der Waals surface area (Å²) in [6.45, 7) is 4.03. The molecule has 0 aliphatic carbocycles. The van der Waals surface area contributed by atoms with E-state index in [1.54, 1.807) is 24.1 Å². The van der Waals surface area contributed by atoms with Gasteiger partial charge in [-0.15, -0.1) is 0 Å². The molecule has 2 rings (SSSR count). The molecule has 0 aliphatic rings. The van der Waals surface area contributed by atoms with Crippen LogP contribution in [-0.2, 0) is 16.1 Å². The van der Waals surface area contributed by atoms with Crippen molar-refractivity contribution < 1.29 is 14.3 Å². The van der Waals surface area contributed by atoms with Crippen molar-refractivity contribution in [3.63, 3.8) is 0 Å². The number of aryl methyl sites for hydroxylation is 1. The molecule has 6 heteroatoms. The van der Waals surface area contributed by atoms with Gasteiger partial charge in [0, 0.05) is 18.6 Å². The van der Waals surface area contributed by atoms with Gasteiger partial charge in [-0.2, -0.15) is 0 Å². The fraction of sp³-hybridized carbons (Fsp3) is 0.333. The molecule has 0 aliphatic heterocycles. The van der Waals surface area contributed by atoms with E-state index in [0.29, 0.717) is 23.7 Å². The van der Waals surface area contributed by atoms with Crippen LogP contribution >= 0.6 is 11.6 Å². The summed E-state index contributed by atoms with van der Waals surface area (Å²) in [6.07, 6.45) is 0.504. The van der Waals surface area contributed by atoms with E-state index in [9.17, 15) is 9.59 Å². The fourth-order valence-corrected chi connectivity index (χ4v) is 2.86. The van der Waals surface area contributed by atoms with Gasteiger partial charge in [0.05, 0.1) is 0 Å². The van der Waals surface area contributed by atoms with E-state index in [-0.39, 0.29) is 18.4 Å². The Bertz CT molecular complexity index is 760. The van der Waals surface area contributed by atoms with Gasteiger partial charge >= 0.3 is 0 Å². The number of benzene rings is 2. The van der Waals surface area contributed by atoms with Crippen molar-refractivity contribution in [1.82, 2.24) is 10.2 Å². The maximum atomic E-state index is 12.9. The van der Waals surface area contributed by atoms with Crippen molar-refractivity contribution in [3.8, 4) is 5.75 Å². The SMILES string of the molecule is CC[C@@H](C(=O)NC)N(Cc1ccc(Cl)cc1)C(=O)COc1ccc(C)cc1. The van der Waals surface area contributed by atoms with E-state index in [1.807, 2.05) is 50.2 Å². The van der Waals surface area contributed by atoms with Crippen LogP contribution in [0.3, 0.4) is 0 Å². The number of ether oxygens (including phenoxy) is 1. The first-order valence-corrected chi connectivity index (χ1v) is 9.27. The second-order valence-electron chi connectivity index (χ2n) is 6.29. The molecule has 144 valence electrons. The number of nitrogens with one attached hydrogen (secondary N) is 1. The lowest BCUT2D eigenvalue weighted by molar-refractivity contribution is -0.142. The summed E-state index contributed by atoms with van der Waals surface area (Å²) >= 11 is 5.94. The molecule has 0 radical (unpaired) electrons. The summed E-state index contributed by atoms with van der Waals surface area (Å²) in [5.74, 6) is 0.171. The summed E-state index contributed by atoms with van der Waals surface area (Å²) in [5.41, 5.74) is 2.01. The number of hydrogen-bond donors (Lipinski definition) is 1. The van der Waals surface area contributed by atoms with Gasteiger partial charge in [-0.3, -0.25) is 9.59 Å². The molecule has 2 amide bonds. The van der Waals surface area contributed by atoms with Gasteiger partial charge in [-0.05, 0) is 43.2 Å². The van der Waals surface area contributed by atoms with Crippen LogP contribution in [0.15, 0.2) is 48.5 Å². The summed E-state index contributed by atoms with van der Waals surface area (Å²) in [5, 5.41) is 3.25. The van der Waals surface area contributed by atoms with Gasteiger partial charge in [0.15, 0.2) is 6.61 Å². The molecule has 1 N–H and O–H groups in total. The van der Waals surface area contributed by atoms with Crippen LogP contribution in [0.4, 0.5) is 0 Å². The molecule has 0 bridgehead atoms. The Balaban J connectivity index is 2.15. The number of hydrogen-bond acceptors (Lipinski definition) is 3. The molecule has 27 heavy (non-hydrogen) atoms. The molecular weight excluding hydrogens is 364 g/mol. The van der Waals surface area contributed by atoms with Gasteiger partial charge in [-0.1, -0.05) is 48.4 Å². The Morgan fingerprint density at radius 3 is 2.30 bits per heavy atom. The standard InChI is InChI=1S/C21H25ClN2O3/c1-4-19(21(26)23-3)24(13-16-7-9-17(22)10-8-16)20(25)14-27-18-11-5-15(2)6-12-18/h5-12,19H,4,13-14H2,1-3H3,(H,23,26)/t19-/m0/s1. The molecule has 2 aromatic rings. The minimum Gasteiger partial charge on any atom is -0.484 e. The van der Waals surface area contributed by atoms with Crippen LogP contribution < -0.4 is 10.1 Å². The average molecular weight is 389 g/mol. The van der Waals surface area contributed by atoms with Gasteiger partial charge in [-0.25, -0.2) is 0 Å². The quantitative estimate of drug-likeness (QED) is 0.751. The minimum absolute atomic E-state index is 0.135. The van der Waals surface area contributed by atoms with E-state index in [4.69, 9.17) is 16.3 Å². The second kappa shape index (κ2) is 9.97. The van der Waals surface area contributed by atoms with Crippen molar-refractivity contribution in [2.24, 2.45) is 0 Å². The largest absolute Gasteiger partial charge is 0.484 e. The van der Waals surface area contributed by atoms with Crippen LogP contribution in [0.5, 0.6) is 5.75 Å². The summed E-state index contributed by atoms with van der Waals surface area (Å²) in [4.78, 5) is 26.7. The first kappa shape index (κ1) is 20.8. The molecule has 1 atom stereocenters. The predicted octanol–water partition coefficient (Wildman–Crippen LogP) is 3.58. The molecule has 5 nitrogen and oxygen atoms in total. The molecule has 0 heterocycles. The number of rotatable bonds is 8. The molecule has 0 saturated carbocycles. The Labute approximate surface area is 165 Å². The van der Waals surface area contributed by atoms with Crippen molar-refractivity contribution >= 4 is 23.4 Å². The lowest BCUT2D eigenvalue weighted by atomic mass is 10.1. The zero-order valence-corrected chi connectivity index (χ0v) is 16.6. The highest BCUT2D eigenvalue weighted by molar-refractivity contribution is 6.30. The van der Waals surface area contributed by atoms with E-state index < -0.39 is 6.04 Å².